The molecule has 1 N–H and O–H groups in total. The first-order valence-corrected chi connectivity index (χ1v) is 9.31. The zero-order valence-corrected chi connectivity index (χ0v) is 16.5. The van der Waals surface area contributed by atoms with Crippen molar-refractivity contribution in [2.24, 2.45) is 0 Å². The largest absolute Gasteiger partial charge is 0.454 e. The number of aryl methyl sites for hydroxylation is 1. The lowest BCUT2D eigenvalue weighted by atomic mass is 10.1. The lowest BCUT2D eigenvalue weighted by Crippen LogP contribution is -2.28. The number of rotatable bonds is 5. The van der Waals surface area contributed by atoms with Gasteiger partial charge in [-0.05, 0) is 42.8 Å². The Bertz CT molecular complexity index is 1070. The van der Waals surface area contributed by atoms with E-state index < -0.39 is 18.5 Å². The third-order valence-corrected chi connectivity index (χ3v) is 4.84. The summed E-state index contributed by atoms with van der Waals surface area (Å²) in [5.74, 6) is 0.324. The molecule has 7 nitrogen and oxygen atoms in total. The smallest absolute Gasteiger partial charge is 0.375 e. The van der Waals surface area contributed by atoms with Crippen molar-refractivity contribution in [3.05, 3.63) is 57.8 Å². The summed E-state index contributed by atoms with van der Waals surface area (Å²) in [6.45, 7) is 1.85. The van der Waals surface area contributed by atoms with Crippen molar-refractivity contribution in [2.75, 3.05) is 13.4 Å². The van der Waals surface area contributed by atoms with Gasteiger partial charge in [-0.1, -0.05) is 22.0 Å². The van der Waals surface area contributed by atoms with E-state index in [1.165, 1.54) is 0 Å². The molecule has 1 aliphatic heterocycles. The number of esters is 1. The number of halogens is 1. The number of carbonyl (C=O) groups is 2. The second kappa shape index (κ2) is 7.55. The van der Waals surface area contributed by atoms with Crippen LogP contribution in [-0.4, -0.2) is 25.3 Å². The van der Waals surface area contributed by atoms with Crippen molar-refractivity contribution in [2.45, 2.75) is 13.5 Å². The van der Waals surface area contributed by atoms with Gasteiger partial charge in [-0.25, -0.2) is 4.79 Å². The molecular formula is C20H16BrNO6. The maximum atomic E-state index is 12.3. The highest BCUT2D eigenvalue weighted by Gasteiger charge is 2.20. The van der Waals surface area contributed by atoms with Crippen LogP contribution in [0.25, 0.3) is 11.0 Å². The standard InChI is InChI=1S/C20H16BrNO6/c1-11-14-7-13(21)3-5-15(14)28-19(11)20(24)25-9-18(23)22-8-12-2-4-16-17(6-12)27-10-26-16/h2-7H,8-10H2,1H3,(H,22,23). The molecule has 2 heterocycles. The summed E-state index contributed by atoms with van der Waals surface area (Å²) in [7, 11) is 0. The van der Waals surface area contributed by atoms with Crippen molar-refractivity contribution < 1.29 is 28.2 Å². The maximum Gasteiger partial charge on any atom is 0.375 e. The summed E-state index contributed by atoms with van der Waals surface area (Å²) < 4.78 is 22.1. The summed E-state index contributed by atoms with van der Waals surface area (Å²) in [4.78, 5) is 24.3. The third-order valence-electron chi connectivity index (χ3n) is 4.34. The first-order valence-electron chi connectivity index (χ1n) is 8.52. The minimum absolute atomic E-state index is 0.0941. The second-order valence-corrected chi connectivity index (χ2v) is 7.15. The summed E-state index contributed by atoms with van der Waals surface area (Å²) in [6.07, 6.45) is 0. The van der Waals surface area contributed by atoms with Crippen LogP contribution in [0.4, 0.5) is 0 Å². The first kappa shape index (κ1) is 18.4. The van der Waals surface area contributed by atoms with Gasteiger partial charge in [0, 0.05) is 22.0 Å². The van der Waals surface area contributed by atoms with Crippen molar-refractivity contribution in [1.29, 1.82) is 0 Å². The SMILES string of the molecule is Cc1c(C(=O)OCC(=O)NCc2ccc3c(c2)OCO3)oc2ccc(Br)cc12. The highest BCUT2D eigenvalue weighted by atomic mass is 79.9. The molecule has 1 aliphatic rings. The Labute approximate surface area is 168 Å². The topological polar surface area (TPSA) is 87.0 Å². The van der Waals surface area contributed by atoms with E-state index in [4.69, 9.17) is 18.6 Å². The van der Waals surface area contributed by atoms with E-state index in [0.29, 0.717) is 22.6 Å². The monoisotopic (exact) mass is 445 g/mol. The lowest BCUT2D eigenvalue weighted by molar-refractivity contribution is -0.124. The van der Waals surface area contributed by atoms with Crippen LogP contribution in [0.3, 0.4) is 0 Å². The van der Waals surface area contributed by atoms with E-state index >= 15 is 0 Å². The van der Waals surface area contributed by atoms with E-state index in [1.807, 2.05) is 18.2 Å². The zero-order valence-electron chi connectivity index (χ0n) is 14.9. The molecule has 4 rings (SSSR count). The Kier molecular flexibility index (Phi) is 4.95. The van der Waals surface area contributed by atoms with Gasteiger partial charge in [-0.3, -0.25) is 4.79 Å². The first-order chi connectivity index (χ1) is 13.5. The van der Waals surface area contributed by atoms with Gasteiger partial charge in [0.05, 0.1) is 0 Å². The van der Waals surface area contributed by atoms with Crippen LogP contribution in [0.15, 0.2) is 45.3 Å². The third kappa shape index (κ3) is 3.68. The maximum absolute atomic E-state index is 12.3. The number of ether oxygens (including phenoxy) is 3. The molecule has 3 aromatic rings. The van der Waals surface area contributed by atoms with Gasteiger partial charge in [0.25, 0.3) is 5.91 Å². The van der Waals surface area contributed by atoms with Crippen LogP contribution in [0.5, 0.6) is 11.5 Å². The van der Waals surface area contributed by atoms with Gasteiger partial charge in [0.15, 0.2) is 18.1 Å². The number of hydrogen-bond donors (Lipinski definition) is 1. The molecule has 0 spiro atoms. The van der Waals surface area contributed by atoms with Gasteiger partial charge in [-0.15, -0.1) is 0 Å². The fraction of sp³-hybridized carbons (Fsp3) is 0.200. The molecule has 0 aliphatic carbocycles. The molecule has 0 saturated carbocycles. The number of carbonyl (C=O) groups excluding carboxylic acids is 2. The number of fused-ring (bicyclic) bond motifs is 2. The highest BCUT2D eigenvalue weighted by Crippen LogP contribution is 2.32. The predicted molar refractivity (Wildman–Crippen MR) is 103 cm³/mol. The Hall–Kier alpha value is -3.00. The average Bonchev–Trinajstić information content (AvgIpc) is 3.28. The highest BCUT2D eigenvalue weighted by molar-refractivity contribution is 9.10. The fourth-order valence-electron chi connectivity index (χ4n) is 2.89. The molecule has 28 heavy (non-hydrogen) atoms. The van der Waals surface area contributed by atoms with Gasteiger partial charge < -0.3 is 23.9 Å². The number of nitrogens with one attached hydrogen (secondary N) is 1. The number of furan rings is 1. The molecule has 0 atom stereocenters. The van der Waals surface area contributed by atoms with Crippen LogP contribution >= 0.6 is 15.9 Å². The molecule has 1 amide bonds. The summed E-state index contributed by atoms with van der Waals surface area (Å²) in [5, 5.41) is 3.51. The van der Waals surface area contributed by atoms with Crippen LogP contribution in [0.1, 0.15) is 21.7 Å². The molecule has 0 bridgehead atoms. The van der Waals surface area contributed by atoms with Crippen LogP contribution < -0.4 is 14.8 Å². The summed E-state index contributed by atoms with van der Waals surface area (Å²) in [5.41, 5.74) is 2.10. The minimum atomic E-state index is -0.678. The molecule has 2 aromatic carbocycles. The van der Waals surface area contributed by atoms with E-state index in [-0.39, 0.29) is 19.1 Å². The minimum Gasteiger partial charge on any atom is -0.454 e. The molecule has 0 radical (unpaired) electrons. The van der Waals surface area contributed by atoms with Crippen molar-refractivity contribution in [1.82, 2.24) is 5.32 Å². The predicted octanol–water partition coefficient (Wildman–Crippen LogP) is 3.71. The summed E-state index contributed by atoms with van der Waals surface area (Å²) >= 11 is 3.39. The van der Waals surface area contributed by atoms with Gasteiger partial charge in [0.2, 0.25) is 12.6 Å². The van der Waals surface area contributed by atoms with Crippen LogP contribution in [0.2, 0.25) is 0 Å². The Balaban J connectivity index is 1.33. The van der Waals surface area contributed by atoms with Crippen molar-refractivity contribution >= 4 is 38.8 Å². The molecule has 144 valence electrons. The van der Waals surface area contributed by atoms with Gasteiger partial charge in [-0.2, -0.15) is 0 Å². The number of hydrogen-bond acceptors (Lipinski definition) is 6. The number of benzene rings is 2. The van der Waals surface area contributed by atoms with Crippen molar-refractivity contribution in [3.63, 3.8) is 0 Å². The molecular weight excluding hydrogens is 430 g/mol. The van der Waals surface area contributed by atoms with E-state index in [9.17, 15) is 9.59 Å². The zero-order chi connectivity index (χ0) is 19.7. The Morgan fingerprint density at radius 2 is 1.96 bits per heavy atom. The summed E-state index contributed by atoms with van der Waals surface area (Å²) in [6, 6.07) is 10.9. The second-order valence-electron chi connectivity index (χ2n) is 6.24. The molecule has 1 aromatic heterocycles. The Morgan fingerprint density at radius 3 is 2.82 bits per heavy atom. The van der Waals surface area contributed by atoms with E-state index in [2.05, 4.69) is 21.2 Å². The lowest BCUT2D eigenvalue weighted by Gasteiger charge is -2.07. The van der Waals surface area contributed by atoms with Crippen LogP contribution in [0, 0.1) is 6.92 Å². The number of amides is 1. The molecule has 8 heteroatoms. The molecule has 0 saturated heterocycles. The molecule has 0 fully saturated rings. The Morgan fingerprint density at radius 1 is 1.14 bits per heavy atom. The van der Waals surface area contributed by atoms with E-state index in [0.717, 1.165) is 15.4 Å². The molecule has 0 unspecified atom stereocenters. The van der Waals surface area contributed by atoms with Crippen molar-refractivity contribution in [3.8, 4) is 11.5 Å². The fourth-order valence-corrected chi connectivity index (χ4v) is 3.25. The van der Waals surface area contributed by atoms with Gasteiger partial charge in [0.1, 0.15) is 5.58 Å². The normalized spacial score (nSPS) is 12.2. The van der Waals surface area contributed by atoms with Crippen LogP contribution in [-0.2, 0) is 16.1 Å². The van der Waals surface area contributed by atoms with Gasteiger partial charge >= 0.3 is 5.97 Å². The quantitative estimate of drug-likeness (QED) is 0.602. The van der Waals surface area contributed by atoms with E-state index in [1.54, 1.807) is 25.1 Å². The average molecular weight is 446 g/mol.